The van der Waals surface area contributed by atoms with Gasteiger partial charge in [0, 0.05) is 22.8 Å². The van der Waals surface area contributed by atoms with E-state index in [1.807, 2.05) is 6.07 Å². The number of hydrogen-bond acceptors (Lipinski definition) is 4. The minimum Gasteiger partial charge on any atom is -0.469 e. The highest BCUT2D eigenvalue weighted by Crippen LogP contribution is 2.25. The van der Waals surface area contributed by atoms with Gasteiger partial charge in [-0.05, 0) is 19.2 Å². The van der Waals surface area contributed by atoms with Crippen molar-refractivity contribution in [1.82, 2.24) is 5.32 Å². The van der Waals surface area contributed by atoms with Crippen LogP contribution < -0.4 is 5.32 Å². The van der Waals surface area contributed by atoms with E-state index in [0.717, 1.165) is 4.90 Å². The first-order valence-corrected chi connectivity index (χ1v) is 6.29. The van der Waals surface area contributed by atoms with Crippen LogP contribution >= 0.6 is 11.8 Å². The summed E-state index contributed by atoms with van der Waals surface area (Å²) in [6.07, 6.45) is 0.330. The van der Waals surface area contributed by atoms with Crippen LogP contribution in [0.4, 0.5) is 4.39 Å². The standard InChI is InChI=1S/C12H16FNO2S/c1-14-8-9-10(13)4-3-5-11(9)17-7-6-12(15)16-2/h3-5,14H,6-8H2,1-2H3. The molecule has 17 heavy (non-hydrogen) atoms. The van der Waals surface area contributed by atoms with Gasteiger partial charge in [0.1, 0.15) is 5.82 Å². The Bertz CT molecular complexity index is 385. The predicted octanol–water partition coefficient (Wildman–Crippen LogP) is 2.20. The van der Waals surface area contributed by atoms with Crippen molar-refractivity contribution in [3.63, 3.8) is 0 Å². The van der Waals surface area contributed by atoms with Gasteiger partial charge in [-0.3, -0.25) is 4.79 Å². The third-order valence-corrected chi connectivity index (χ3v) is 3.32. The number of carbonyl (C=O) groups excluding carboxylic acids is 1. The molecule has 1 rings (SSSR count). The van der Waals surface area contributed by atoms with E-state index in [-0.39, 0.29) is 11.8 Å². The summed E-state index contributed by atoms with van der Waals surface area (Å²) in [5.41, 5.74) is 0.643. The number of rotatable bonds is 6. The van der Waals surface area contributed by atoms with Crippen LogP contribution in [0.25, 0.3) is 0 Å². The third-order valence-electron chi connectivity index (χ3n) is 2.22. The summed E-state index contributed by atoms with van der Waals surface area (Å²) < 4.78 is 18.1. The molecule has 0 aromatic heterocycles. The second kappa shape index (κ2) is 7.29. The summed E-state index contributed by atoms with van der Waals surface area (Å²) in [5.74, 6) is 0.124. The molecule has 0 bridgehead atoms. The van der Waals surface area contributed by atoms with E-state index >= 15 is 0 Å². The van der Waals surface area contributed by atoms with Crippen molar-refractivity contribution in [2.45, 2.75) is 17.9 Å². The molecule has 1 aromatic carbocycles. The van der Waals surface area contributed by atoms with Crippen molar-refractivity contribution < 1.29 is 13.9 Å². The molecular formula is C12H16FNO2S. The molecule has 1 N–H and O–H groups in total. The fraction of sp³-hybridized carbons (Fsp3) is 0.417. The fourth-order valence-corrected chi connectivity index (χ4v) is 2.38. The Hall–Kier alpha value is -1.07. The predicted molar refractivity (Wildman–Crippen MR) is 66.5 cm³/mol. The first kappa shape index (κ1) is 14.0. The first-order chi connectivity index (χ1) is 8.19. The second-order valence-corrected chi connectivity index (χ2v) is 4.56. The molecule has 0 radical (unpaired) electrons. The highest BCUT2D eigenvalue weighted by molar-refractivity contribution is 7.99. The first-order valence-electron chi connectivity index (χ1n) is 5.30. The quantitative estimate of drug-likeness (QED) is 0.626. The van der Waals surface area contributed by atoms with E-state index in [2.05, 4.69) is 10.1 Å². The maximum atomic E-state index is 13.5. The number of carbonyl (C=O) groups is 1. The minimum absolute atomic E-state index is 0.220. The molecule has 1 aromatic rings. The molecule has 0 aliphatic carbocycles. The highest BCUT2D eigenvalue weighted by Gasteiger charge is 2.09. The highest BCUT2D eigenvalue weighted by atomic mass is 32.2. The average Bonchev–Trinajstić information content (AvgIpc) is 2.33. The lowest BCUT2D eigenvalue weighted by atomic mass is 10.2. The molecule has 0 unspecified atom stereocenters. The Morgan fingerprint density at radius 1 is 1.53 bits per heavy atom. The van der Waals surface area contributed by atoms with Gasteiger partial charge in [0.25, 0.3) is 0 Å². The molecule has 5 heteroatoms. The van der Waals surface area contributed by atoms with Crippen LogP contribution in [-0.2, 0) is 16.1 Å². The molecule has 94 valence electrons. The molecule has 0 atom stereocenters. The Morgan fingerprint density at radius 3 is 2.94 bits per heavy atom. The maximum Gasteiger partial charge on any atom is 0.306 e. The number of nitrogens with one attached hydrogen (secondary N) is 1. The molecule has 0 amide bonds. The Morgan fingerprint density at radius 2 is 2.29 bits per heavy atom. The van der Waals surface area contributed by atoms with Gasteiger partial charge in [0.15, 0.2) is 0 Å². The molecule has 0 saturated carbocycles. The van der Waals surface area contributed by atoms with Gasteiger partial charge < -0.3 is 10.1 Å². The summed E-state index contributed by atoms with van der Waals surface area (Å²) in [6, 6.07) is 4.98. The van der Waals surface area contributed by atoms with Gasteiger partial charge in [-0.15, -0.1) is 11.8 Å². The maximum absolute atomic E-state index is 13.5. The number of ether oxygens (including phenoxy) is 1. The van der Waals surface area contributed by atoms with Gasteiger partial charge in [0.2, 0.25) is 0 Å². The van der Waals surface area contributed by atoms with E-state index in [1.54, 1.807) is 13.1 Å². The Kier molecular flexibility index (Phi) is 6.00. The summed E-state index contributed by atoms with van der Waals surface area (Å²) in [7, 11) is 3.14. The molecular weight excluding hydrogens is 241 g/mol. The molecule has 0 spiro atoms. The van der Waals surface area contributed by atoms with Crippen molar-refractivity contribution in [1.29, 1.82) is 0 Å². The molecule has 3 nitrogen and oxygen atoms in total. The van der Waals surface area contributed by atoms with E-state index in [9.17, 15) is 9.18 Å². The number of esters is 1. The van der Waals surface area contributed by atoms with Crippen LogP contribution in [-0.4, -0.2) is 25.9 Å². The summed E-state index contributed by atoms with van der Waals surface area (Å²) in [5, 5.41) is 2.93. The molecule has 0 aliphatic rings. The molecule has 0 aliphatic heterocycles. The van der Waals surface area contributed by atoms with Gasteiger partial charge in [-0.2, -0.15) is 0 Å². The lowest BCUT2D eigenvalue weighted by Gasteiger charge is -2.09. The monoisotopic (exact) mass is 257 g/mol. The van der Waals surface area contributed by atoms with Crippen molar-refractivity contribution in [3.05, 3.63) is 29.6 Å². The van der Waals surface area contributed by atoms with Gasteiger partial charge >= 0.3 is 5.97 Å². The van der Waals surface area contributed by atoms with Crippen LogP contribution in [0, 0.1) is 5.82 Å². The normalized spacial score (nSPS) is 10.3. The summed E-state index contributed by atoms with van der Waals surface area (Å²) >= 11 is 1.46. The Labute approximate surface area is 105 Å². The van der Waals surface area contributed by atoms with Gasteiger partial charge in [0.05, 0.1) is 13.5 Å². The van der Waals surface area contributed by atoms with Crippen molar-refractivity contribution in [2.75, 3.05) is 19.9 Å². The van der Waals surface area contributed by atoms with E-state index in [0.29, 0.717) is 24.3 Å². The van der Waals surface area contributed by atoms with E-state index < -0.39 is 0 Å². The van der Waals surface area contributed by atoms with Crippen molar-refractivity contribution >= 4 is 17.7 Å². The number of methoxy groups -OCH3 is 1. The van der Waals surface area contributed by atoms with Crippen LogP contribution in [0.15, 0.2) is 23.1 Å². The number of benzene rings is 1. The average molecular weight is 257 g/mol. The summed E-state index contributed by atoms with van der Waals surface area (Å²) in [6.45, 7) is 0.479. The zero-order valence-electron chi connectivity index (χ0n) is 9.96. The fourth-order valence-electron chi connectivity index (χ4n) is 1.37. The van der Waals surface area contributed by atoms with E-state index in [1.165, 1.54) is 24.9 Å². The van der Waals surface area contributed by atoms with Crippen LogP contribution in [0.5, 0.6) is 0 Å². The number of hydrogen-bond donors (Lipinski definition) is 1. The van der Waals surface area contributed by atoms with Crippen LogP contribution in [0.1, 0.15) is 12.0 Å². The third kappa shape index (κ3) is 4.36. The SMILES string of the molecule is CNCc1c(F)cccc1SCCC(=O)OC. The zero-order chi connectivity index (χ0) is 12.7. The van der Waals surface area contributed by atoms with Crippen molar-refractivity contribution in [2.24, 2.45) is 0 Å². The smallest absolute Gasteiger partial charge is 0.306 e. The lowest BCUT2D eigenvalue weighted by Crippen LogP contribution is -2.08. The van der Waals surface area contributed by atoms with E-state index in [4.69, 9.17) is 0 Å². The summed E-state index contributed by atoms with van der Waals surface area (Å²) in [4.78, 5) is 11.8. The van der Waals surface area contributed by atoms with Gasteiger partial charge in [-0.25, -0.2) is 4.39 Å². The zero-order valence-corrected chi connectivity index (χ0v) is 10.8. The largest absolute Gasteiger partial charge is 0.469 e. The number of thioether (sulfide) groups is 1. The molecule has 0 fully saturated rings. The van der Waals surface area contributed by atoms with Crippen LogP contribution in [0.2, 0.25) is 0 Å². The molecule has 0 saturated heterocycles. The lowest BCUT2D eigenvalue weighted by molar-refractivity contribution is -0.140. The topological polar surface area (TPSA) is 38.3 Å². The van der Waals surface area contributed by atoms with Crippen molar-refractivity contribution in [3.8, 4) is 0 Å². The Balaban J connectivity index is 2.63. The number of halogens is 1. The second-order valence-electron chi connectivity index (χ2n) is 3.42. The molecule has 0 heterocycles. The van der Waals surface area contributed by atoms with Crippen LogP contribution in [0.3, 0.4) is 0 Å². The minimum atomic E-state index is -0.246. The van der Waals surface area contributed by atoms with Gasteiger partial charge in [-0.1, -0.05) is 6.07 Å².